The maximum atomic E-state index is 10.9. The van der Waals surface area contributed by atoms with Crippen molar-refractivity contribution in [1.82, 2.24) is 9.97 Å². The molecule has 0 spiro atoms. The van der Waals surface area contributed by atoms with Crippen molar-refractivity contribution in [1.29, 1.82) is 0 Å². The Kier molecular flexibility index (Phi) is 3.18. The topological polar surface area (TPSA) is 83.0 Å². The first-order valence-electron chi connectivity index (χ1n) is 5.36. The van der Waals surface area contributed by atoms with E-state index in [1.54, 1.807) is 0 Å². The number of nitrogens with zero attached hydrogens (tertiary/aromatic N) is 1. The number of benzene rings is 1. The lowest BCUT2D eigenvalue weighted by Crippen LogP contribution is -2.12. The number of aliphatic carboxylic acids is 1. The molecule has 88 valence electrons. The molecule has 0 aliphatic carbocycles. The maximum Gasteiger partial charge on any atom is 0.372 e. The van der Waals surface area contributed by atoms with E-state index in [0.717, 1.165) is 16.9 Å². The number of Topliss-reactive ketones (excluding diaryl/α,β-unsaturated/α-hetero) is 1. The van der Waals surface area contributed by atoms with Crippen LogP contribution >= 0.6 is 0 Å². The number of aromatic amines is 1. The monoisotopic (exact) mass is 232 g/mol. The van der Waals surface area contributed by atoms with Crippen LogP contribution in [0, 0.1) is 0 Å². The summed E-state index contributed by atoms with van der Waals surface area (Å²) in [6.45, 7) is 0. The van der Waals surface area contributed by atoms with E-state index in [1.165, 1.54) is 0 Å². The number of carboxylic acid groups (broad SMARTS) is 1. The minimum Gasteiger partial charge on any atom is -0.476 e. The van der Waals surface area contributed by atoms with E-state index in [-0.39, 0.29) is 6.42 Å². The number of hydrogen-bond acceptors (Lipinski definition) is 3. The quantitative estimate of drug-likeness (QED) is 0.766. The van der Waals surface area contributed by atoms with Gasteiger partial charge in [-0.3, -0.25) is 4.79 Å². The smallest absolute Gasteiger partial charge is 0.372 e. The van der Waals surface area contributed by atoms with Crippen molar-refractivity contribution in [2.45, 2.75) is 19.3 Å². The second-order valence-electron chi connectivity index (χ2n) is 3.78. The average Bonchev–Trinajstić information content (AvgIpc) is 2.71. The van der Waals surface area contributed by atoms with Crippen LogP contribution in [0.4, 0.5) is 0 Å². The molecule has 0 aliphatic heterocycles. The number of hydrogen-bond donors (Lipinski definition) is 2. The Bertz CT molecular complexity index is 527. The van der Waals surface area contributed by atoms with Crippen LogP contribution in [0.1, 0.15) is 18.7 Å². The lowest BCUT2D eigenvalue weighted by molar-refractivity contribution is -0.149. The predicted molar refractivity (Wildman–Crippen MR) is 61.7 cm³/mol. The van der Waals surface area contributed by atoms with Crippen LogP contribution in [0.5, 0.6) is 0 Å². The van der Waals surface area contributed by atoms with Gasteiger partial charge in [0.25, 0.3) is 0 Å². The van der Waals surface area contributed by atoms with Gasteiger partial charge in [-0.25, -0.2) is 9.78 Å². The first-order chi connectivity index (χ1) is 8.16. The summed E-state index contributed by atoms with van der Waals surface area (Å²) < 4.78 is 0. The van der Waals surface area contributed by atoms with Crippen molar-refractivity contribution in [2.24, 2.45) is 0 Å². The summed E-state index contributed by atoms with van der Waals surface area (Å²) in [5.74, 6) is -1.33. The summed E-state index contributed by atoms with van der Waals surface area (Å²) in [5.41, 5.74) is 1.83. The van der Waals surface area contributed by atoms with Gasteiger partial charge < -0.3 is 10.1 Å². The molecular weight excluding hydrogens is 220 g/mol. The highest BCUT2D eigenvalue weighted by molar-refractivity contribution is 6.32. The first kappa shape index (κ1) is 11.3. The Morgan fingerprint density at radius 2 is 2.06 bits per heavy atom. The van der Waals surface area contributed by atoms with Crippen molar-refractivity contribution in [2.75, 3.05) is 0 Å². The standard InChI is InChI=1S/C12H12N2O3/c15-10(12(16)17)6-3-7-11-13-8-4-1-2-5-9(8)14-11/h1-2,4-5H,3,6-7H2,(H,13,14)(H,16,17). The number of imidazole rings is 1. The van der Waals surface area contributed by atoms with E-state index < -0.39 is 11.8 Å². The van der Waals surface area contributed by atoms with Crippen molar-refractivity contribution in [3.8, 4) is 0 Å². The van der Waals surface area contributed by atoms with Gasteiger partial charge in [-0.05, 0) is 18.6 Å². The van der Waals surface area contributed by atoms with Crippen LogP contribution in [-0.4, -0.2) is 26.8 Å². The van der Waals surface area contributed by atoms with Crippen LogP contribution in [0.15, 0.2) is 24.3 Å². The fourth-order valence-corrected chi connectivity index (χ4v) is 1.65. The normalized spacial score (nSPS) is 10.6. The van der Waals surface area contributed by atoms with Gasteiger partial charge in [0.05, 0.1) is 11.0 Å². The molecule has 1 heterocycles. The number of carbonyl (C=O) groups excluding carboxylic acids is 1. The van der Waals surface area contributed by atoms with Crippen molar-refractivity contribution in [3.05, 3.63) is 30.1 Å². The fraction of sp³-hybridized carbons (Fsp3) is 0.250. The number of fused-ring (bicyclic) bond motifs is 1. The van der Waals surface area contributed by atoms with E-state index in [1.807, 2.05) is 24.3 Å². The molecule has 0 saturated carbocycles. The lowest BCUT2D eigenvalue weighted by Gasteiger charge is -1.94. The summed E-state index contributed by atoms with van der Waals surface area (Å²) in [7, 11) is 0. The Labute approximate surface area is 97.5 Å². The molecule has 0 amide bonds. The van der Waals surface area contributed by atoms with Crippen LogP contribution in [-0.2, 0) is 16.0 Å². The van der Waals surface area contributed by atoms with Gasteiger partial charge >= 0.3 is 5.97 Å². The molecule has 0 unspecified atom stereocenters. The number of carboxylic acids is 1. The Morgan fingerprint density at radius 1 is 1.29 bits per heavy atom. The van der Waals surface area contributed by atoms with Crippen molar-refractivity contribution in [3.63, 3.8) is 0 Å². The molecule has 1 aromatic heterocycles. The molecular formula is C12H12N2O3. The lowest BCUT2D eigenvalue weighted by atomic mass is 10.2. The molecule has 2 aromatic rings. The van der Waals surface area contributed by atoms with Gasteiger partial charge in [0, 0.05) is 12.8 Å². The van der Waals surface area contributed by atoms with Crippen molar-refractivity contribution >= 4 is 22.8 Å². The predicted octanol–water partition coefficient (Wildman–Crippen LogP) is 1.54. The highest BCUT2D eigenvalue weighted by atomic mass is 16.4. The van der Waals surface area contributed by atoms with Crippen LogP contribution < -0.4 is 0 Å². The third-order valence-electron chi connectivity index (χ3n) is 2.49. The van der Waals surface area contributed by atoms with Gasteiger partial charge in [-0.1, -0.05) is 12.1 Å². The SMILES string of the molecule is O=C(O)C(=O)CCCc1nc2ccccc2[nH]1. The summed E-state index contributed by atoms with van der Waals surface area (Å²) in [6.07, 6.45) is 1.12. The summed E-state index contributed by atoms with van der Waals surface area (Å²) in [4.78, 5) is 28.7. The summed E-state index contributed by atoms with van der Waals surface area (Å²) in [6, 6.07) is 7.64. The zero-order chi connectivity index (χ0) is 12.3. The largest absolute Gasteiger partial charge is 0.476 e. The van der Waals surface area contributed by atoms with Gasteiger partial charge in [-0.2, -0.15) is 0 Å². The van der Waals surface area contributed by atoms with Crippen LogP contribution in [0.3, 0.4) is 0 Å². The molecule has 0 aliphatic rings. The first-order valence-corrected chi connectivity index (χ1v) is 5.36. The van der Waals surface area contributed by atoms with E-state index >= 15 is 0 Å². The fourth-order valence-electron chi connectivity index (χ4n) is 1.65. The molecule has 1 aromatic carbocycles. The molecule has 0 radical (unpaired) electrons. The summed E-state index contributed by atoms with van der Waals surface area (Å²) in [5, 5.41) is 8.42. The number of rotatable bonds is 5. The number of H-pyrrole nitrogens is 1. The number of aromatic nitrogens is 2. The third kappa shape index (κ3) is 2.69. The number of para-hydroxylation sites is 2. The van der Waals surface area contributed by atoms with Crippen molar-refractivity contribution < 1.29 is 14.7 Å². The second kappa shape index (κ2) is 4.78. The third-order valence-corrected chi connectivity index (χ3v) is 2.49. The van der Waals surface area contributed by atoms with E-state index in [0.29, 0.717) is 12.8 Å². The average molecular weight is 232 g/mol. The zero-order valence-electron chi connectivity index (χ0n) is 9.14. The Morgan fingerprint density at radius 3 is 2.76 bits per heavy atom. The van der Waals surface area contributed by atoms with E-state index in [2.05, 4.69) is 9.97 Å². The van der Waals surface area contributed by atoms with Gasteiger partial charge in [0.2, 0.25) is 5.78 Å². The minimum absolute atomic E-state index is 0.0480. The number of nitrogens with one attached hydrogen (secondary N) is 1. The molecule has 0 atom stereocenters. The molecule has 2 N–H and O–H groups in total. The number of aryl methyl sites for hydroxylation is 1. The van der Waals surface area contributed by atoms with Gasteiger partial charge in [-0.15, -0.1) is 0 Å². The Hall–Kier alpha value is -2.17. The van der Waals surface area contributed by atoms with Gasteiger partial charge in [0.1, 0.15) is 5.82 Å². The molecule has 0 saturated heterocycles. The van der Waals surface area contributed by atoms with Crippen LogP contribution in [0.2, 0.25) is 0 Å². The molecule has 0 bridgehead atoms. The summed E-state index contributed by atoms with van der Waals surface area (Å²) >= 11 is 0. The molecule has 2 rings (SSSR count). The second-order valence-corrected chi connectivity index (χ2v) is 3.78. The highest BCUT2D eigenvalue weighted by Crippen LogP contribution is 2.11. The van der Waals surface area contributed by atoms with Gasteiger partial charge in [0.15, 0.2) is 0 Å². The molecule has 5 nitrogen and oxygen atoms in total. The van der Waals surface area contributed by atoms with E-state index in [9.17, 15) is 9.59 Å². The number of carbonyl (C=O) groups is 2. The Balaban J connectivity index is 1.95. The highest BCUT2D eigenvalue weighted by Gasteiger charge is 2.11. The molecule has 0 fully saturated rings. The minimum atomic E-state index is -1.37. The maximum absolute atomic E-state index is 10.9. The molecule has 5 heteroatoms. The number of ketones is 1. The van der Waals surface area contributed by atoms with Crippen LogP contribution in [0.25, 0.3) is 11.0 Å². The zero-order valence-corrected chi connectivity index (χ0v) is 9.14. The molecule has 17 heavy (non-hydrogen) atoms. The van der Waals surface area contributed by atoms with E-state index in [4.69, 9.17) is 5.11 Å².